The van der Waals surface area contributed by atoms with E-state index in [1.807, 2.05) is 6.92 Å². The van der Waals surface area contributed by atoms with Gasteiger partial charge >= 0.3 is 0 Å². The molecule has 1 N–H and O–H groups in total. The molecule has 1 aliphatic rings. The number of ether oxygens (including phenoxy) is 1. The average Bonchev–Trinajstić information content (AvgIpc) is 2.69. The van der Waals surface area contributed by atoms with Crippen molar-refractivity contribution in [2.75, 3.05) is 32.8 Å². The fourth-order valence-corrected chi connectivity index (χ4v) is 3.05. The quantitative estimate of drug-likeness (QED) is 0.901. The van der Waals surface area contributed by atoms with E-state index in [0.29, 0.717) is 11.1 Å². The van der Waals surface area contributed by atoms with Crippen LogP contribution in [0.25, 0.3) is 0 Å². The molecule has 0 aliphatic carbocycles. The van der Waals surface area contributed by atoms with Crippen molar-refractivity contribution in [2.45, 2.75) is 13.0 Å². The molecule has 1 aliphatic heterocycles. The summed E-state index contributed by atoms with van der Waals surface area (Å²) in [7, 11) is 0. The third-order valence-corrected chi connectivity index (χ3v) is 4.58. The molecular formula is C21H23N3O2. The zero-order chi connectivity index (χ0) is 18.4. The summed E-state index contributed by atoms with van der Waals surface area (Å²) < 4.78 is 5.42. The molecule has 0 unspecified atom stereocenters. The van der Waals surface area contributed by atoms with Gasteiger partial charge in [-0.1, -0.05) is 35.9 Å². The number of hydrogen-bond donors (Lipinski definition) is 1. The molecule has 1 fully saturated rings. The van der Waals surface area contributed by atoms with E-state index in [1.165, 1.54) is 5.56 Å². The fourth-order valence-electron chi connectivity index (χ4n) is 3.05. The Morgan fingerprint density at radius 2 is 1.96 bits per heavy atom. The SMILES string of the molecule is Cc1ccc([C@@H](CN2CCOCC2)NC(=O)c2cccc(C#N)c2)cc1. The second-order valence-corrected chi connectivity index (χ2v) is 6.54. The van der Waals surface area contributed by atoms with Crippen LogP contribution in [0.1, 0.15) is 33.1 Å². The molecule has 5 heteroatoms. The van der Waals surface area contributed by atoms with Crippen LogP contribution in [0, 0.1) is 18.3 Å². The van der Waals surface area contributed by atoms with E-state index < -0.39 is 0 Å². The van der Waals surface area contributed by atoms with Crippen LogP contribution >= 0.6 is 0 Å². The molecule has 0 saturated carbocycles. The van der Waals surface area contributed by atoms with Gasteiger partial charge < -0.3 is 10.1 Å². The van der Waals surface area contributed by atoms with E-state index in [4.69, 9.17) is 10.00 Å². The monoisotopic (exact) mass is 349 g/mol. The van der Waals surface area contributed by atoms with E-state index in [0.717, 1.165) is 38.4 Å². The molecule has 3 rings (SSSR count). The molecule has 1 amide bonds. The highest BCUT2D eigenvalue weighted by Crippen LogP contribution is 2.17. The molecule has 1 saturated heterocycles. The normalized spacial score (nSPS) is 15.8. The van der Waals surface area contributed by atoms with Crippen LogP contribution in [0.3, 0.4) is 0 Å². The van der Waals surface area contributed by atoms with E-state index in [-0.39, 0.29) is 11.9 Å². The Balaban J connectivity index is 1.78. The molecule has 2 aromatic rings. The minimum Gasteiger partial charge on any atom is -0.379 e. The Morgan fingerprint density at radius 1 is 1.23 bits per heavy atom. The predicted octanol–water partition coefficient (Wildman–Crippen LogP) is 2.67. The van der Waals surface area contributed by atoms with Crippen LogP contribution in [0.4, 0.5) is 0 Å². The summed E-state index contributed by atoms with van der Waals surface area (Å²) in [4.78, 5) is 15.0. The Hall–Kier alpha value is -2.68. The van der Waals surface area contributed by atoms with Gasteiger partial charge in [0, 0.05) is 25.2 Å². The number of hydrogen-bond acceptors (Lipinski definition) is 4. The molecule has 134 valence electrons. The molecule has 0 aromatic heterocycles. The van der Waals surface area contributed by atoms with Gasteiger partial charge in [0.15, 0.2) is 0 Å². The van der Waals surface area contributed by atoms with Crippen LogP contribution in [0.5, 0.6) is 0 Å². The molecule has 0 radical (unpaired) electrons. The summed E-state index contributed by atoms with van der Waals surface area (Å²) in [5, 5.41) is 12.2. The first-order chi connectivity index (χ1) is 12.7. The van der Waals surface area contributed by atoms with Crippen LogP contribution in [-0.2, 0) is 4.74 Å². The fraction of sp³-hybridized carbons (Fsp3) is 0.333. The number of amides is 1. The first-order valence-corrected chi connectivity index (χ1v) is 8.83. The van der Waals surface area contributed by atoms with Crippen molar-refractivity contribution in [1.82, 2.24) is 10.2 Å². The van der Waals surface area contributed by atoms with Gasteiger partial charge in [0.2, 0.25) is 0 Å². The van der Waals surface area contributed by atoms with Crippen LogP contribution in [0.2, 0.25) is 0 Å². The van der Waals surface area contributed by atoms with E-state index in [1.54, 1.807) is 24.3 Å². The maximum Gasteiger partial charge on any atom is 0.251 e. The lowest BCUT2D eigenvalue weighted by molar-refractivity contribution is 0.0332. The van der Waals surface area contributed by atoms with Gasteiger partial charge in [0.25, 0.3) is 5.91 Å². The molecule has 0 bridgehead atoms. The number of carbonyl (C=O) groups is 1. The highest BCUT2D eigenvalue weighted by atomic mass is 16.5. The van der Waals surface area contributed by atoms with Gasteiger partial charge in [-0.3, -0.25) is 9.69 Å². The maximum atomic E-state index is 12.7. The lowest BCUT2D eigenvalue weighted by Crippen LogP contribution is -2.43. The molecule has 1 heterocycles. The molecule has 5 nitrogen and oxygen atoms in total. The summed E-state index contributed by atoms with van der Waals surface area (Å²) in [5.74, 6) is -0.166. The standard InChI is InChI=1S/C21H23N3O2/c1-16-5-7-18(8-6-16)20(15-24-9-11-26-12-10-24)23-21(25)19-4-2-3-17(13-19)14-22/h2-8,13,20H,9-12,15H2,1H3,(H,23,25)/t20-/m1/s1. The van der Waals surface area contributed by atoms with Crippen molar-refractivity contribution < 1.29 is 9.53 Å². The Labute approximate surface area is 154 Å². The highest BCUT2D eigenvalue weighted by molar-refractivity contribution is 5.94. The third kappa shape index (κ3) is 4.69. The molecule has 26 heavy (non-hydrogen) atoms. The smallest absolute Gasteiger partial charge is 0.251 e. The van der Waals surface area contributed by atoms with E-state index in [2.05, 4.69) is 40.6 Å². The number of nitrogens with zero attached hydrogens (tertiary/aromatic N) is 2. The van der Waals surface area contributed by atoms with Gasteiger partial charge in [-0.15, -0.1) is 0 Å². The predicted molar refractivity (Wildman–Crippen MR) is 99.8 cm³/mol. The number of carbonyl (C=O) groups excluding carboxylic acids is 1. The van der Waals surface area contributed by atoms with Crippen molar-refractivity contribution >= 4 is 5.91 Å². The first-order valence-electron chi connectivity index (χ1n) is 8.83. The topological polar surface area (TPSA) is 65.4 Å². The second kappa shape index (κ2) is 8.61. The Morgan fingerprint density at radius 3 is 2.65 bits per heavy atom. The van der Waals surface area contributed by atoms with Gasteiger partial charge in [0.05, 0.1) is 30.9 Å². The second-order valence-electron chi connectivity index (χ2n) is 6.54. The summed E-state index contributed by atoms with van der Waals surface area (Å²) in [6.07, 6.45) is 0. The minimum atomic E-state index is -0.166. The number of nitriles is 1. The largest absolute Gasteiger partial charge is 0.379 e. The van der Waals surface area contributed by atoms with Gasteiger partial charge in [-0.2, -0.15) is 5.26 Å². The van der Waals surface area contributed by atoms with Crippen molar-refractivity contribution in [3.05, 3.63) is 70.8 Å². The Bertz CT molecular complexity index is 790. The summed E-state index contributed by atoms with van der Waals surface area (Å²) >= 11 is 0. The number of rotatable bonds is 5. The average molecular weight is 349 g/mol. The number of nitrogens with one attached hydrogen (secondary N) is 1. The zero-order valence-corrected chi connectivity index (χ0v) is 14.9. The van der Waals surface area contributed by atoms with Crippen LogP contribution < -0.4 is 5.32 Å². The summed E-state index contributed by atoms with van der Waals surface area (Å²) in [6.45, 7) is 5.95. The molecular weight excluding hydrogens is 326 g/mol. The zero-order valence-electron chi connectivity index (χ0n) is 14.9. The van der Waals surface area contributed by atoms with E-state index in [9.17, 15) is 4.79 Å². The summed E-state index contributed by atoms with van der Waals surface area (Å²) in [6, 6.07) is 17.0. The summed E-state index contributed by atoms with van der Waals surface area (Å²) in [5.41, 5.74) is 3.25. The van der Waals surface area contributed by atoms with Crippen LogP contribution in [0.15, 0.2) is 48.5 Å². The number of morpholine rings is 1. The number of aryl methyl sites for hydroxylation is 1. The molecule has 1 atom stereocenters. The van der Waals surface area contributed by atoms with Gasteiger partial charge in [-0.05, 0) is 30.7 Å². The molecule has 2 aromatic carbocycles. The lowest BCUT2D eigenvalue weighted by atomic mass is 10.0. The Kier molecular flexibility index (Phi) is 6.00. The first kappa shape index (κ1) is 18.1. The van der Waals surface area contributed by atoms with Gasteiger partial charge in [-0.25, -0.2) is 0 Å². The third-order valence-electron chi connectivity index (χ3n) is 4.58. The highest BCUT2D eigenvalue weighted by Gasteiger charge is 2.21. The lowest BCUT2D eigenvalue weighted by Gasteiger charge is -2.31. The van der Waals surface area contributed by atoms with Crippen molar-refractivity contribution in [2.24, 2.45) is 0 Å². The van der Waals surface area contributed by atoms with Crippen molar-refractivity contribution in [1.29, 1.82) is 5.26 Å². The van der Waals surface area contributed by atoms with Crippen LogP contribution in [-0.4, -0.2) is 43.7 Å². The van der Waals surface area contributed by atoms with Gasteiger partial charge in [0.1, 0.15) is 0 Å². The minimum absolute atomic E-state index is 0.119. The molecule has 0 spiro atoms. The van der Waals surface area contributed by atoms with E-state index >= 15 is 0 Å². The van der Waals surface area contributed by atoms with Crippen molar-refractivity contribution in [3.63, 3.8) is 0 Å². The number of benzene rings is 2. The van der Waals surface area contributed by atoms with Crippen molar-refractivity contribution in [3.8, 4) is 6.07 Å². The maximum absolute atomic E-state index is 12.7.